The lowest BCUT2D eigenvalue weighted by Gasteiger charge is -2.17. The largest absolute Gasteiger partial charge is 0.489 e. The number of rotatable bonds is 5. The molecule has 2 heteroatoms. The third-order valence-electron chi connectivity index (χ3n) is 3.82. The fraction of sp³-hybridized carbons (Fsp3) is 0.350. The maximum atomic E-state index is 6.07. The van der Waals surface area contributed by atoms with Crippen LogP contribution in [0.1, 0.15) is 61.8 Å². The molecular weight excluding hydrogens is 292 g/mol. The van der Waals surface area contributed by atoms with Crippen LogP contribution in [-0.4, -0.2) is 0 Å². The van der Waals surface area contributed by atoms with Gasteiger partial charge >= 0.3 is 0 Å². The highest BCUT2D eigenvalue weighted by Gasteiger charge is 2.11. The zero-order valence-corrected chi connectivity index (χ0v) is 14.4. The van der Waals surface area contributed by atoms with Gasteiger partial charge in [-0.2, -0.15) is 0 Å². The van der Waals surface area contributed by atoms with E-state index in [0.717, 1.165) is 11.3 Å². The average molecular weight is 315 g/mol. The van der Waals surface area contributed by atoms with Gasteiger partial charge in [0.1, 0.15) is 12.4 Å². The summed E-state index contributed by atoms with van der Waals surface area (Å²) >= 11 is 5.94. The standard InChI is InChI=1S/C20H23ClO/c1-13(2)16-7-9-19(14(3)4)20(11-16)22-12-17-6-8-18(21)10-15(17)5/h5-11,13-14H,12H2,1-4H3. The highest BCUT2D eigenvalue weighted by molar-refractivity contribution is 6.30. The van der Waals surface area contributed by atoms with Gasteiger partial charge in [-0.3, -0.25) is 0 Å². The SMILES string of the molecule is [CH]c1cc(Cl)ccc1COc1cc(C(C)C)ccc1C(C)C. The summed E-state index contributed by atoms with van der Waals surface area (Å²) < 4.78 is 6.07. The van der Waals surface area contributed by atoms with Crippen LogP contribution in [0.25, 0.3) is 0 Å². The summed E-state index contributed by atoms with van der Waals surface area (Å²) in [5, 5.41) is 0.644. The molecule has 0 aliphatic carbocycles. The summed E-state index contributed by atoms with van der Waals surface area (Å²) in [6.07, 6.45) is 0. The van der Waals surface area contributed by atoms with Gasteiger partial charge < -0.3 is 4.74 Å². The lowest BCUT2D eigenvalue weighted by atomic mass is 9.96. The third kappa shape index (κ3) is 4.04. The normalized spacial score (nSPS) is 11.3. The fourth-order valence-corrected chi connectivity index (χ4v) is 2.55. The van der Waals surface area contributed by atoms with Crippen molar-refractivity contribution < 1.29 is 4.74 Å². The zero-order chi connectivity index (χ0) is 16.3. The van der Waals surface area contributed by atoms with Crippen LogP contribution in [0.3, 0.4) is 0 Å². The van der Waals surface area contributed by atoms with Gasteiger partial charge in [0.15, 0.2) is 0 Å². The van der Waals surface area contributed by atoms with E-state index in [4.69, 9.17) is 23.3 Å². The number of hydrogen-bond acceptors (Lipinski definition) is 1. The summed E-state index contributed by atoms with van der Waals surface area (Å²) in [5.41, 5.74) is 4.12. The molecule has 0 amide bonds. The van der Waals surface area contributed by atoms with Crippen molar-refractivity contribution in [3.63, 3.8) is 0 Å². The maximum absolute atomic E-state index is 6.07. The van der Waals surface area contributed by atoms with E-state index < -0.39 is 0 Å². The topological polar surface area (TPSA) is 9.23 Å². The van der Waals surface area contributed by atoms with Crippen LogP contribution in [0, 0.1) is 6.92 Å². The van der Waals surface area contributed by atoms with Crippen molar-refractivity contribution in [2.24, 2.45) is 0 Å². The number of halogens is 1. The first-order valence-electron chi connectivity index (χ1n) is 7.69. The highest BCUT2D eigenvalue weighted by atomic mass is 35.5. The second-order valence-electron chi connectivity index (χ2n) is 6.24. The lowest BCUT2D eigenvalue weighted by molar-refractivity contribution is 0.301. The van der Waals surface area contributed by atoms with Crippen molar-refractivity contribution in [3.8, 4) is 5.75 Å². The van der Waals surface area contributed by atoms with Gasteiger partial charge in [-0.15, -0.1) is 0 Å². The Balaban J connectivity index is 2.25. The van der Waals surface area contributed by atoms with Crippen LogP contribution < -0.4 is 4.74 Å². The molecule has 1 nitrogen and oxygen atoms in total. The first kappa shape index (κ1) is 16.9. The van der Waals surface area contributed by atoms with Gasteiger partial charge in [-0.05, 0) is 59.2 Å². The molecule has 0 saturated carbocycles. The molecule has 0 aliphatic heterocycles. The molecule has 0 saturated heterocycles. The Kier molecular flexibility index (Phi) is 5.52. The van der Waals surface area contributed by atoms with Crippen molar-refractivity contribution in [2.75, 3.05) is 0 Å². The molecule has 2 radical (unpaired) electrons. The molecule has 0 spiro atoms. The van der Waals surface area contributed by atoms with E-state index in [-0.39, 0.29) is 0 Å². The molecule has 0 fully saturated rings. The van der Waals surface area contributed by atoms with E-state index in [0.29, 0.717) is 29.0 Å². The van der Waals surface area contributed by atoms with Crippen molar-refractivity contribution in [1.82, 2.24) is 0 Å². The quantitative estimate of drug-likeness (QED) is 0.636. The molecule has 0 bridgehead atoms. The van der Waals surface area contributed by atoms with E-state index in [1.54, 1.807) is 6.07 Å². The Hall–Kier alpha value is -1.47. The predicted octanol–water partition coefficient (Wildman–Crippen LogP) is 6.22. The maximum Gasteiger partial charge on any atom is 0.123 e. The van der Waals surface area contributed by atoms with Crippen LogP contribution in [0.15, 0.2) is 36.4 Å². The summed E-state index contributed by atoms with van der Waals surface area (Å²) in [6.45, 7) is 15.2. The van der Waals surface area contributed by atoms with Crippen molar-refractivity contribution in [3.05, 3.63) is 70.6 Å². The Labute approximate surface area is 139 Å². The van der Waals surface area contributed by atoms with E-state index in [9.17, 15) is 0 Å². The molecular formula is C20H23ClO. The number of hydrogen-bond donors (Lipinski definition) is 0. The monoisotopic (exact) mass is 314 g/mol. The van der Waals surface area contributed by atoms with Crippen LogP contribution in [0.4, 0.5) is 0 Å². The molecule has 0 N–H and O–H groups in total. The van der Waals surface area contributed by atoms with E-state index >= 15 is 0 Å². The summed E-state index contributed by atoms with van der Waals surface area (Å²) in [4.78, 5) is 0. The number of ether oxygens (including phenoxy) is 1. The van der Waals surface area contributed by atoms with Crippen LogP contribution in [0.2, 0.25) is 5.02 Å². The number of benzene rings is 2. The zero-order valence-electron chi connectivity index (χ0n) is 13.7. The van der Waals surface area contributed by atoms with Crippen molar-refractivity contribution >= 4 is 11.6 Å². The summed E-state index contributed by atoms with van der Waals surface area (Å²) in [7, 11) is 0. The smallest absolute Gasteiger partial charge is 0.123 e. The highest BCUT2D eigenvalue weighted by Crippen LogP contribution is 2.31. The van der Waals surface area contributed by atoms with Gasteiger partial charge in [-0.25, -0.2) is 0 Å². The van der Waals surface area contributed by atoms with Crippen molar-refractivity contribution in [1.29, 1.82) is 0 Å². The van der Waals surface area contributed by atoms with Gasteiger partial charge in [0, 0.05) is 5.02 Å². The molecule has 0 unspecified atom stereocenters. The minimum Gasteiger partial charge on any atom is -0.489 e. The minimum absolute atomic E-state index is 0.416. The molecule has 2 aromatic carbocycles. The molecule has 0 aliphatic rings. The fourth-order valence-electron chi connectivity index (χ4n) is 2.36. The molecule has 116 valence electrons. The van der Waals surface area contributed by atoms with Crippen LogP contribution >= 0.6 is 11.6 Å². The Morgan fingerprint density at radius 2 is 1.73 bits per heavy atom. The van der Waals surface area contributed by atoms with Crippen LogP contribution in [-0.2, 0) is 6.61 Å². The summed E-state index contributed by atoms with van der Waals surface area (Å²) in [6, 6.07) is 12.0. The van der Waals surface area contributed by atoms with Gasteiger partial charge in [0.05, 0.1) is 0 Å². The van der Waals surface area contributed by atoms with E-state index in [2.05, 4.69) is 45.9 Å². The summed E-state index contributed by atoms with van der Waals surface area (Å²) in [5.74, 6) is 1.83. The first-order chi connectivity index (χ1) is 10.4. The second-order valence-corrected chi connectivity index (χ2v) is 6.67. The average Bonchev–Trinajstić information content (AvgIpc) is 2.45. The lowest BCUT2D eigenvalue weighted by Crippen LogP contribution is -2.02. The Morgan fingerprint density at radius 3 is 2.32 bits per heavy atom. The van der Waals surface area contributed by atoms with Gasteiger partial charge in [0.2, 0.25) is 0 Å². The molecule has 0 atom stereocenters. The molecule has 0 aromatic heterocycles. The second kappa shape index (κ2) is 7.19. The van der Waals surface area contributed by atoms with Crippen LogP contribution in [0.5, 0.6) is 5.75 Å². The third-order valence-corrected chi connectivity index (χ3v) is 4.05. The molecule has 0 heterocycles. The Morgan fingerprint density at radius 1 is 1.00 bits per heavy atom. The predicted molar refractivity (Wildman–Crippen MR) is 93.8 cm³/mol. The molecule has 2 rings (SSSR count). The first-order valence-corrected chi connectivity index (χ1v) is 8.06. The molecule has 22 heavy (non-hydrogen) atoms. The molecule has 2 aromatic rings. The Bertz CT molecular complexity index is 644. The van der Waals surface area contributed by atoms with Gasteiger partial charge in [-0.1, -0.05) is 57.5 Å². The van der Waals surface area contributed by atoms with E-state index in [1.165, 1.54) is 11.1 Å². The minimum atomic E-state index is 0.416. The van der Waals surface area contributed by atoms with Crippen molar-refractivity contribution in [2.45, 2.75) is 46.1 Å². The van der Waals surface area contributed by atoms with Gasteiger partial charge in [0.25, 0.3) is 0 Å². The van der Waals surface area contributed by atoms with E-state index in [1.807, 2.05) is 12.1 Å².